The molecular formula is C15H13N3O2S2. The Hall–Kier alpha value is -2.25. The fraction of sp³-hybridized carbons (Fsp3) is 0.0667. The van der Waals surface area contributed by atoms with Crippen LogP contribution < -0.4 is 4.72 Å². The third-order valence-corrected chi connectivity index (χ3v) is 5.26. The van der Waals surface area contributed by atoms with E-state index < -0.39 is 10.0 Å². The van der Waals surface area contributed by atoms with E-state index in [0.29, 0.717) is 6.42 Å². The lowest BCUT2D eigenvalue weighted by atomic mass is 10.2. The average molecular weight is 331 g/mol. The second-order valence-corrected chi connectivity index (χ2v) is 7.33. The van der Waals surface area contributed by atoms with Gasteiger partial charge in [0.05, 0.1) is 4.90 Å². The van der Waals surface area contributed by atoms with Gasteiger partial charge in [0, 0.05) is 6.42 Å². The monoisotopic (exact) mass is 331 g/mol. The molecule has 0 aliphatic rings. The molecule has 7 heteroatoms. The van der Waals surface area contributed by atoms with E-state index in [1.54, 1.807) is 18.2 Å². The van der Waals surface area contributed by atoms with Crippen molar-refractivity contribution in [2.45, 2.75) is 11.3 Å². The van der Waals surface area contributed by atoms with Gasteiger partial charge in [-0.1, -0.05) is 59.9 Å². The molecule has 1 heterocycles. The molecule has 22 heavy (non-hydrogen) atoms. The number of sulfonamides is 1. The summed E-state index contributed by atoms with van der Waals surface area (Å²) in [5.74, 6) is 0. The van der Waals surface area contributed by atoms with Crippen LogP contribution in [0.5, 0.6) is 0 Å². The van der Waals surface area contributed by atoms with Crippen LogP contribution in [0.1, 0.15) is 10.6 Å². The Balaban J connectivity index is 1.75. The molecule has 3 aromatic rings. The minimum absolute atomic E-state index is 0.204. The molecular weight excluding hydrogens is 318 g/mol. The predicted octanol–water partition coefficient (Wildman–Crippen LogP) is 2.93. The molecule has 1 N–H and O–H groups in total. The number of nitrogens with zero attached hydrogens (tertiary/aromatic N) is 2. The summed E-state index contributed by atoms with van der Waals surface area (Å²) in [7, 11) is -3.61. The number of benzene rings is 2. The highest BCUT2D eigenvalue weighted by molar-refractivity contribution is 7.93. The summed E-state index contributed by atoms with van der Waals surface area (Å²) in [6.07, 6.45) is 0.631. The van der Waals surface area contributed by atoms with Crippen LogP contribution in [-0.4, -0.2) is 18.6 Å². The molecule has 0 fully saturated rings. The Morgan fingerprint density at radius 3 is 2.23 bits per heavy atom. The van der Waals surface area contributed by atoms with Crippen LogP contribution in [0.4, 0.5) is 5.13 Å². The lowest BCUT2D eigenvalue weighted by Gasteiger charge is -2.03. The molecule has 0 radical (unpaired) electrons. The van der Waals surface area contributed by atoms with Gasteiger partial charge < -0.3 is 0 Å². The first-order chi connectivity index (χ1) is 10.6. The minimum Gasteiger partial charge on any atom is -0.253 e. The van der Waals surface area contributed by atoms with Crippen LogP contribution in [0.2, 0.25) is 0 Å². The number of anilines is 1. The van der Waals surface area contributed by atoms with E-state index in [1.807, 2.05) is 30.3 Å². The van der Waals surface area contributed by atoms with Crippen molar-refractivity contribution in [2.24, 2.45) is 0 Å². The molecule has 0 bridgehead atoms. The number of nitrogens with one attached hydrogen (secondary N) is 1. The minimum atomic E-state index is -3.61. The van der Waals surface area contributed by atoms with Gasteiger partial charge in [0.15, 0.2) is 0 Å². The molecule has 2 aromatic carbocycles. The highest BCUT2D eigenvalue weighted by Gasteiger charge is 2.16. The van der Waals surface area contributed by atoms with Gasteiger partial charge in [-0.15, -0.1) is 10.2 Å². The van der Waals surface area contributed by atoms with Gasteiger partial charge in [-0.25, -0.2) is 8.42 Å². The predicted molar refractivity (Wildman–Crippen MR) is 86.4 cm³/mol. The first-order valence-corrected chi connectivity index (χ1v) is 8.88. The van der Waals surface area contributed by atoms with Crippen molar-refractivity contribution in [3.8, 4) is 0 Å². The highest BCUT2D eigenvalue weighted by atomic mass is 32.2. The Morgan fingerprint density at radius 2 is 1.55 bits per heavy atom. The van der Waals surface area contributed by atoms with Gasteiger partial charge in [-0.2, -0.15) is 0 Å². The van der Waals surface area contributed by atoms with Crippen LogP contribution in [0.3, 0.4) is 0 Å². The molecule has 0 saturated heterocycles. The van der Waals surface area contributed by atoms with Crippen molar-refractivity contribution in [3.05, 3.63) is 71.2 Å². The smallest absolute Gasteiger partial charge is 0.253 e. The summed E-state index contributed by atoms with van der Waals surface area (Å²) in [6.45, 7) is 0. The second kappa shape index (κ2) is 6.25. The van der Waals surface area contributed by atoms with Crippen molar-refractivity contribution < 1.29 is 8.42 Å². The number of aromatic nitrogens is 2. The standard InChI is InChI=1S/C15H13N3O2S2/c19-22(20,13-9-5-2-6-10-13)18-15-17-16-14(21-15)11-12-7-3-1-4-8-12/h1-10H,11H2,(H,17,18). The molecule has 0 atom stereocenters. The van der Waals surface area contributed by atoms with Crippen molar-refractivity contribution in [1.29, 1.82) is 0 Å². The summed E-state index contributed by atoms with van der Waals surface area (Å²) < 4.78 is 26.9. The van der Waals surface area contributed by atoms with Crippen LogP contribution in [-0.2, 0) is 16.4 Å². The van der Waals surface area contributed by atoms with E-state index in [0.717, 1.165) is 10.6 Å². The van der Waals surface area contributed by atoms with Gasteiger partial charge in [0.1, 0.15) is 5.01 Å². The zero-order valence-electron chi connectivity index (χ0n) is 11.5. The topological polar surface area (TPSA) is 72.0 Å². The zero-order valence-corrected chi connectivity index (χ0v) is 13.1. The lowest BCUT2D eigenvalue weighted by molar-refractivity contribution is 0.601. The summed E-state index contributed by atoms with van der Waals surface area (Å²) in [5.41, 5.74) is 1.11. The van der Waals surface area contributed by atoms with Crippen molar-refractivity contribution in [3.63, 3.8) is 0 Å². The van der Waals surface area contributed by atoms with Crippen molar-refractivity contribution in [2.75, 3.05) is 4.72 Å². The Morgan fingerprint density at radius 1 is 0.909 bits per heavy atom. The van der Waals surface area contributed by atoms with E-state index in [2.05, 4.69) is 14.9 Å². The van der Waals surface area contributed by atoms with Crippen molar-refractivity contribution in [1.82, 2.24) is 10.2 Å². The molecule has 3 rings (SSSR count). The van der Waals surface area contributed by atoms with Crippen LogP contribution in [0.25, 0.3) is 0 Å². The van der Waals surface area contributed by atoms with Gasteiger partial charge in [0.2, 0.25) is 5.13 Å². The summed E-state index contributed by atoms with van der Waals surface area (Å²) >= 11 is 1.24. The molecule has 0 aliphatic carbocycles. The first-order valence-electron chi connectivity index (χ1n) is 6.58. The van der Waals surface area contributed by atoms with Crippen molar-refractivity contribution >= 4 is 26.5 Å². The third-order valence-electron chi connectivity index (χ3n) is 2.94. The van der Waals surface area contributed by atoms with E-state index in [4.69, 9.17) is 0 Å². The van der Waals surface area contributed by atoms with Gasteiger partial charge in [0.25, 0.3) is 10.0 Å². The molecule has 5 nitrogen and oxygen atoms in total. The summed E-state index contributed by atoms with van der Waals surface area (Å²) in [5, 5.41) is 8.97. The average Bonchev–Trinajstić information content (AvgIpc) is 2.95. The molecule has 1 aromatic heterocycles. The SMILES string of the molecule is O=S(=O)(Nc1nnc(Cc2ccccc2)s1)c1ccccc1. The van der Waals surface area contributed by atoms with E-state index >= 15 is 0 Å². The van der Waals surface area contributed by atoms with Gasteiger partial charge in [-0.05, 0) is 17.7 Å². The largest absolute Gasteiger partial charge is 0.263 e. The fourth-order valence-corrected chi connectivity index (χ4v) is 3.94. The Labute approximate surface area is 132 Å². The number of rotatable bonds is 5. The number of hydrogen-bond donors (Lipinski definition) is 1. The van der Waals surface area contributed by atoms with E-state index in [-0.39, 0.29) is 10.0 Å². The molecule has 0 saturated carbocycles. The summed E-state index contributed by atoms with van der Waals surface area (Å²) in [4.78, 5) is 0.204. The molecule has 0 spiro atoms. The van der Waals surface area contributed by atoms with Crippen LogP contribution >= 0.6 is 11.3 Å². The highest BCUT2D eigenvalue weighted by Crippen LogP contribution is 2.21. The van der Waals surface area contributed by atoms with Gasteiger partial charge >= 0.3 is 0 Å². The fourth-order valence-electron chi connectivity index (χ4n) is 1.91. The molecule has 0 unspecified atom stereocenters. The lowest BCUT2D eigenvalue weighted by Crippen LogP contribution is -2.12. The Bertz CT molecular complexity index is 847. The Kier molecular flexibility index (Phi) is 4.17. The van der Waals surface area contributed by atoms with Crippen LogP contribution in [0, 0.1) is 0 Å². The van der Waals surface area contributed by atoms with E-state index in [9.17, 15) is 8.42 Å². The first kappa shape index (κ1) is 14.7. The quantitative estimate of drug-likeness (QED) is 0.780. The maximum absolute atomic E-state index is 12.2. The summed E-state index contributed by atoms with van der Waals surface area (Å²) in [6, 6.07) is 18.0. The molecule has 112 valence electrons. The number of hydrogen-bond acceptors (Lipinski definition) is 5. The maximum atomic E-state index is 12.2. The third kappa shape index (κ3) is 3.49. The molecule has 0 amide bonds. The van der Waals surface area contributed by atoms with E-state index in [1.165, 1.54) is 23.5 Å². The zero-order chi connectivity index (χ0) is 15.4. The van der Waals surface area contributed by atoms with Crippen LogP contribution in [0.15, 0.2) is 65.6 Å². The normalized spacial score (nSPS) is 11.3. The second-order valence-electron chi connectivity index (χ2n) is 4.58. The molecule has 0 aliphatic heterocycles. The van der Waals surface area contributed by atoms with Gasteiger partial charge in [-0.3, -0.25) is 4.72 Å². The maximum Gasteiger partial charge on any atom is 0.263 e.